The van der Waals surface area contributed by atoms with Gasteiger partial charge in [-0.3, -0.25) is 9.69 Å². The summed E-state index contributed by atoms with van der Waals surface area (Å²) in [4.78, 5) is 23.4. The molecule has 0 saturated carbocycles. The fraction of sp³-hybridized carbons (Fsp3) is 0.526. The van der Waals surface area contributed by atoms with Gasteiger partial charge in [0.1, 0.15) is 0 Å². The van der Waals surface area contributed by atoms with E-state index in [9.17, 15) is 4.79 Å². The van der Waals surface area contributed by atoms with E-state index in [1.807, 2.05) is 20.0 Å². The van der Waals surface area contributed by atoms with E-state index in [0.717, 1.165) is 37.6 Å². The van der Waals surface area contributed by atoms with E-state index in [1.165, 1.54) is 23.8 Å². The van der Waals surface area contributed by atoms with Crippen LogP contribution in [0.25, 0.3) is 0 Å². The third-order valence-corrected chi connectivity index (χ3v) is 5.29. The molecule has 0 spiro atoms. The molecule has 6 nitrogen and oxygen atoms in total. The molecule has 1 fully saturated rings. The first kappa shape index (κ1) is 18.8. The number of rotatable bonds is 7. The zero-order chi connectivity index (χ0) is 18.5. The summed E-state index contributed by atoms with van der Waals surface area (Å²) in [5.74, 6) is 1.30. The Morgan fingerprint density at radius 3 is 3.08 bits per heavy atom. The highest BCUT2D eigenvalue weighted by molar-refractivity contribution is 7.15. The number of ether oxygens (including phenoxy) is 1. The number of aromatic nitrogens is 2. The fourth-order valence-corrected chi connectivity index (χ4v) is 4.31. The molecule has 1 saturated heterocycles. The molecular weight excluding hydrogens is 348 g/mol. The zero-order valence-electron chi connectivity index (χ0n) is 15.6. The lowest BCUT2D eigenvalue weighted by atomic mass is 9.99. The summed E-state index contributed by atoms with van der Waals surface area (Å²) in [5.41, 5.74) is 2.31. The van der Waals surface area contributed by atoms with Crippen LogP contribution in [0.1, 0.15) is 36.4 Å². The van der Waals surface area contributed by atoms with Crippen LogP contribution >= 0.6 is 11.3 Å². The number of nitrogens with zero attached hydrogens (tertiary/aromatic N) is 3. The number of carbonyl (C=O) groups is 1. The van der Waals surface area contributed by atoms with Crippen molar-refractivity contribution in [2.45, 2.75) is 40.2 Å². The van der Waals surface area contributed by atoms with Crippen LogP contribution < -0.4 is 10.1 Å². The molecule has 1 aliphatic rings. The molecule has 1 amide bonds. The monoisotopic (exact) mass is 374 g/mol. The maximum absolute atomic E-state index is 11.1. The maximum Gasteiger partial charge on any atom is 0.223 e. The summed E-state index contributed by atoms with van der Waals surface area (Å²) < 4.78 is 5.56. The van der Waals surface area contributed by atoms with Crippen LogP contribution in [0.5, 0.6) is 5.88 Å². The van der Waals surface area contributed by atoms with Gasteiger partial charge < -0.3 is 10.1 Å². The van der Waals surface area contributed by atoms with Crippen molar-refractivity contribution in [3.63, 3.8) is 0 Å². The van der Waals surface area contributed by atoms with Crippen molar-refractivity contribution in [1.82, 2.24) is 14.9 Å². The van der Waals surface area contributed by atoms with Crippen molar-refractivity contribution in [3.05, 3.63) is 34.5 Å². The van der Waals surface area contributed by atoms with Crippen molar-refractivity contribution < 1.29 is 9.53 Å². The predicted octanol–water partition coefficient (Wildman–Crippen LogP) is 3.27. The third kappa shape index (κ3) is 5.25. The highest BCUT2D eigenvalue weighted by Gasteiger charge is 2.23. The van der Waals surface area contributed by atoms with E-state index in [1.54, 1.807) is 11.3 Å². The number of hydrogen-bond donors (Lipinski definition) is 1. The standard InChI is InChI=1S/C19H26N4O2S/c1-4-25-18-9-16(7-13(2)21-18)8-15-5-6-23(11-15)12-17-10-20-19(26-17)22-14(3)24/h7,9-10,15H,4-6,8,11-12H2,1-3H3,(H,20,22,24). The molecule has 0 radical (unpaired) electrons. The van der Waals surface area contributed by atoms with Crippen LogP contribution in [0.3, 0.4) is 0 Å². The number of anilines is 1. The van der Waals surface area contributed by atoms with Gasteiger partial charge in [-0.2, -0.15) is 0 Å². The molecule has 0 aromatic carbocycles. The van der Waals surface area contributed by atoms with Crippen LogP contribution in [0.2, 0.25) is 0 Å². The van der Waals surface area contributed by atoms with Gasteiger partial charge in [0.05, 0.1) is 6.61 Å². The summed E-state index contributed by atoms with van der Waals surface area (Å²) in [6, 6.07) is 4.23. The molecule has 1 N–H and O–H groups in total. The van der Waals surface area contributed by atoms with Crippen molar-refractivity contribution >= 4 is 22.4 Å². The Hall–Kier alpha value is -1.99. The molecule has 140 valence electrons. The van der Waals surface area contributed by atoms with E-state index >= 15 is 0 Å². The molecule has 1 unspecified atom stereocenters. The van der Waals surface area contributed by atoms with Gasteiger partial charge in [0, 0.05) is 42.8 Å². The van der Waals surface area contributed by atoms with Crippen molar-refractivity contribution in [2.75, 3.05) is 25.0 Å². The van der Waals surface area contributed by atoms with Crippen molar-refractivity contribution in [3.8, 4) is 5.88 Å². The van der Waals surface area contributed by atoms with Gasteiger partial charge in [0.25, 0.3) is 0 Å². The molecule has 0 bridgehead atoms. The van der Waals surface area contributed by atoms with Gasteiger partial charge in [-0.15, -0.1) is 11.3 Å². The second-order valence-electron chi connectivity index (χ2n) is 6.79. The van der Waals surface area contributed by atoms with Crippen molar-refractivity contribution in [1.29, 1.82) is 0 Å². The van der Waals surface area contributed by atoms with Gasteiger partial charge in [-0.25, -0.2) is 9.97 Å². The van der Waals surface area contributed by atoms with Crippen LogP contribution in [0.4, 0.5) is 5.13 Å². The lowest BCUT2D eigenvalue weighted by molar-refractivity contribution is -0.114. The molecule has 1 atom stereocenters. The molecule has 2 aromatic rings. The van der Waals surface area contributed by atoms with Gasteiger partial charge in [-0.1, -0.05) is 0 Å². The number of hydrogen-bond acceptors (Lipinski definition) is 6. The Morgan fingerprint density at radius 2 is 2.31 bits per heavy atom. The van der Waals surface area contributed by atoms with Crippen LogP contribution in [0, 0.1) is 12.8 Å². The Labute approximate surface area is 158 Å². The number of nitrogens with one attached hydrogen (secondary N) is 1. The summed E-state index contributed by atoms with van der Waals surface area (Å²) in [6.07, 6.45) is 4.12. The fourth-order valence-electron chi connectivity index (χ4n) is 3.41. The lowest BCUT2D eigenvalue weighted by Gasteiger charge is -2.15. The zero-order valence-corrected chi connectivity index (χ0v) is 16.4. The number of likely N-dealkylation sites (tertiary alicyclic amines) is 1. The van der Waals surface area contributed by atoms with Crippen molar-refractivity contribution in [2.24, 2.45) is 5.92 Å². The normalized spacial score (nSPS) is 17.4. The molecule has 0 aliphatic carbocycles. The molecule has 7 heteroatoms. The van der Waals surface area contributed by atoms with E-state index in [-0.39, 0.29) is 5.91 Å². The number of carbonyl (C=O) groups excluding carboxylic acids is 1. The molecule has 3 heterocycles. The molecule has 26 heavy (non-hydrogen) atoms. The highest BCUT2D eigenvalue weighted by Crippen LogP contribution is 2.26. The third-order valence-electron chi connectivity index (χ3n) is 4.39. The number of pyridine rings is 1. The Kier molecular flexibility index (Phi) is 6.21. The first-order valence-electron chi connectivity index (χ1n) is 9.07. The van der Waals surface area contributed by atoms with Gasteiger partial charge in [0.15, 0.2) is 5.13 Å². The largest absolute Gasteiger partial charge is 0.478 e. The summed E-state index contributed by atoms with van der Waals surface area (Å²) >= 11 is 1.55. The Balaban J connectivity index is 1.54. The lowest BCUT2D eigenvalue weighted by Crippen LogP contribution is -2.20. The smallest absolute Gasteiger partial charge is 0.223 e. The van der Waals surface area contributed by atoms with E-state index < -0.39 is 0 Å². The number of aryl methyl sites for hydroxylation is 1. The summed E-state index contributed by atoms with van der Waals surface area (Å²) in [6.45, 7) is 9.22. The minimum absolute atomic E-state index is 0.0776. The topological polar surface area (TPSA) is 67.3 Å². The predicted molar refractivity (Wildman–Crippen MR) is 104 cm³/mol. The average Bonchev–Trinajstić information content (AvgIpc) is 3.16. The molecular formula is C19H26N4O2S. The van der Waals surface area contributed by atoms with Gasteiger partial charge >= 0.3 is 0 Å². The second-order valence-corrected chi connectivity index (χ2v) is 7.91. The molecule has 1 aliphatic heterocycles. The highest BCUT2D eigenvalue weighted by atomic mass is 32.1. The minimum atomic E-state index is -0.0776. The van der Waals surface area contributed by atoms with E-state index in [4.69, 9.17) is 4.74 Å². The average molecular weight is 375 g/mol. The first-order chi connectivity index (χ1) is 12.5. The van der Waals surface area contributed by atoms with Crippen LogP contribution in [-0.4, -0.2) is 40.5 Å². The van der Waals surface area contributed by atoms with E-state index in [0.29, 0.717) is 17.7 Å². The maximum atomic E-state index is 11.1. The summed E-state index contributed by atoms with van der Waals surface area (Å²) in [5, 5.41) is 3.42. The SMILES string of the molecule is CCOc1cc(CC2CCN(Cc3cnc(NC(C)=O)s3)C2)cc(C)n1. The van der Waals surface area contributed by atoms with Crippen LogP contribution in [-0.2, 0) is 17.8 Å². The summed E-state index contributed by atoms with van der Waals surface area (Å²) in [7, 11) is 0. The van der Waals surface area contributed by atoms with Gasteiger partial charge in [0.2, 0.25) is 11.8 Å². The molecule has 3 rings (SSSR count). The Bertz CT molecular complexity index is 762. The van der Waals surface area contributed by atoms with Crippen LogP contribution in [0.15, 0.2) is 18.3 Å². The minimum Gasteiger partial charge on any atom is -0.478 e. The van der Waals surface area contributed by atoms with E-state index in [2.05, 4.69) is 32.3 Å². The quantitative estimate of drug-likeness (QED) is 0.806. The first-order valence-corrected chi connectivity index (χ1v) is 9.88. The Morgan fingerprint density at radius 1 is 1.46 bits per heavy atom. The number of thiazole rings is 1. The van der Waals surface area contributed by atoms with Gasteiger partial charge in [-0.05, 0) is 50.8 Å². The number of amides is 1. The second kappa shape index (κ2) is 8.60. The molecule has 2 aromatic heterocycles.